The second kappa shape index (κ2) is 5.82. The van der Waals surface area contributed by atoms with Gasteiger partial charge >= 0.3 is 0 Å². The zero-order valence-corrected chi connectivity index (χ0v) is 13.8. The van der Waals surface area contributed by atoms with E-state index in [4.69, 9.17) is 0 Å². The smallest absolute Gasteiger partial charge is 0.0486 e. The molecule has 3 aromatic rings. The van der Waals surface area contributed by atoms with Gasteiger partial charge in [-0.05, 0) is 43.5 Å². The van der Waals surface area contributed by atoms with E-state index in [1.54, 1.807) is 0 Å². The standard InChI is InChI=1S/C20H23N3/c1-14-12-19-20(15(2)22-14)17-7-3-4-8-18(17)23(19)11-9-16-6-5-10-21-13-16/h3-8,10,13-15,22H,9,11-12H2,1-2H3. The molecule has 0 bridgehead atoms. The monoisotopic (exact) mass is 305 g/mol. The average Bonchev–Trinajstić information content (AvgIpc) is 2.87. The van der Waals surface area contributed by atoms with Crippen molar-refractivity contribution in [3.05, 3.63) is 65.6 Å². The number of fused-ring (bicyclic) bond motifs is 3. The number of benzene rings is 1. The third-order valence-corrected chi connectivity index (χ3v) is 4.94. The van der Waals surface area contributed by atoms with Crippen LogP contribution in [0.15, 0.2) is 48.8 Å². The van der Waals surface area contributed by atoms with E-state index in [2.05, 4.69) is 59.0 Å². The molecule has 2 aromatic heterocycles. The zero-order chi connectivity index (χ0) is 15.8. The molecule has 0 radical (unpaired) electrons. The van der Waals surface area contributed by atoms with Gasteiger partial charge in [0.05, 0.1) is 0 Å². The fraction of sp³-hybridized carbons (Fsp3) is 0.350. The van der Waals surface area contributed by atoms with E-state index in [0.717, 1.165) is 19.4 Å². The summed E-state index contributed by atoms with van der Waals surface area (Å²) in [7, 11) is 0. The summed E-state index contributed by atoms with van der Waals surface area (Å²) < 4.78 is 2.53. The molecule has 1 aliphatic heterocycles. The summed E-state index contributed by atoms with van der Waals surface area (Å²) in [5, 5.41) is 5.09. The van der Waals surface area contributed by atoms with Gasteiger partial charge in [0.15, 0.2) is 0 Å². The number of nitrogens with zero attached hydrogens (tertiary/aromatic N) is 2. The fourth-order valence-electron chi connectivity index (χ4n) is 3.99. The predicted octanol–water partition coefficient (Wildman–Crippen LogP) is 3.87. The minimum absolute atomic E-state index is 0.415. The number of hydrogen-bond acceptors (Lipinski definition) is 2. The fourth-order valence-corrected chi connectivity index (χ4v) is 3.99. The molecule has 3 heterocycles. The van der Waals surface area contributed by atoms with E-state index >= 15 is 0 Å². The SMILES string of the molecule is CC1Cc2c(c3ccccc3n2CCc2cccnc2)C(C)N1. The van der Waals surface area contributed by atoms with Gasteiger partial charge < -0.3 is 9.88 Å². The Morgan fingerprint density at radius 1 is 1.17 bits per heavy atom. The van der Waals surface area contributed by atoms with Crippen LogP contribution in [0.4, 0.5) is 0 Å². The van der Waals surface area contributed by atoms with Crippen molar-refractivity contribution in [2.45, 2.75) is 45.3 Å². The Balaban J connectivity index is 1.78. The number of rotatable bonds is 3. The Kier molecular flexibility index (Phi) is 3.66. The number of aryl methyl sites for hydroxylation is 2. The van der Waals surface area contributed by atoms with Gasteiger partial charge in [-0.25, -0.2) is 0 Å². The number of nitrogens with one attached hydrogen (secondary N) is 1. The van der Waals surface area contributed by atoms with Crippen molar-refractivity contribution in [1.82, 2.24) is 14.9 Å². The molecule has 3 heteroatoms. The lowest BCUT2D eigenvalue weighted by atomic mass is 9.95. The highest BCUT2D eigenvalue weighted by molar-refractivity contribution is 5.86. The highest BCUT2D eigenvalue weighted by Gasteiger charge is 2.27. The van der Waals surface area contributed by atoms with Crippen LogP contribution in [0.2, 0.25) is 0 Å². The summed E-state index contributed by atoms with van der Waals surface area (Å²) in [5.41, 5.74) is 5.66. The average molecular weight is 305 g/mol. The van der Waals surface area contributed by atoms with Crippen LogP contribution in [0, 0.1) is 0 Å². The van der Waals surface area contributed by atoms with E-state index < -0.39 is 0 Å². The maximum Gasteiger partial charge on any atom is 0.0486 e. The first-order valence-corrected chi connectivity index (χ1v) is 8.49. The lowest BCUT2D eigenvalue weighted by Gasteiger charge is -2.28. The summed E-state index contributed by atoms with van der Waals surface area (Å²) in [6, 6.07) is 14.0. The van der Waals surface area contributed by atoms with E-state index in [0.29, 0.717) is 12.1 Å². The maximum atomic E-state index is 4.24. The number of para-hydroxylation sites is 1. The van der Waals surface area contributed by atoms with Gasteiger partial charge in [-0.2, -0.15) is 0 Å². The normalized spacial score (nSPS) is 20.6. The molecule has 1 aromatic carbocycles. The number of hydrogen-bond donors (Lipinski definition) is 1. The minimum atomic E-state index is 0.415. The van der Waals surface area contributed by atoms with Crippen molar-refractivity contribution in [3.63, 3.8) is 0 Å². The van der Waals surface area contributed by atoms with Crippen LogP contribution in [0.1, 0.15) is 36.7 Å². The largest absolute Gasteiger partial charge is 0.344 e. The third kappa shape index (κ3) is 2.55. The molecule has 118 valence electrons. The first kappa shape index (κ1) is 14.5. The molecule has 3 nitrogen and oxygen atoms in total. The second-order valence-corrected chi connectivity index (χ2v) is 6.63. The number of pyridine rings is 1. The van der Waals surface area contributed by atoms with Crippen molar-refractivity contribution >= 4 is 10.9 Å². The lowest BCUT2D eigenvalue weighted by molar-refractivity contribution is 0.433. The molecule has 0 saturated heterocycles. The summed E-state index contributed by atoms with van der Waals surface area (Å²) in [6.45, 7) is 5.58. The second-order valence-electron chi connectivity index (χ2n) is 6.63. The van der Waals surface area contributed by atoms with Crippen LogP contribution in [0.25, 0.3) is 10.9 Å². The molecule has 0 saturated carbocycles. The highest BCUT2D eigenvalue weighted by atomic mass is 15.0. The van der Waals surface area contributed by atoms with Gasteiger partial charge in [-0.3, -0.25) is 4.98 Å². The first-order chi connectivity index (χ1) is 11.2. The van der Waals surface area contributed by atoms with Gasteiger partial charge in [0.2, 0.25) is 0 Å². The Morgan fingerprint density at radius 2 is 2.04 bits per heavy atom. The molecular weight excluding hydrogens is 282 g/mol. The Hall–Kier alpha value is -2.13. The molecule has 23 heavy (non-hydrogen) atoms. The quantitative estimate of drug-likeness (QED) is 0.796. The molecule has 4 rings (SSSR count). The summed E-state index contributed by atoms with van der Waals surface area (Å²) in [4.78, 5) is 4.24. The lowest BCUT2D eigenvalue weighted by Crippen LogP contribution is -2.36. The maximum absolute atomic E-state index is 4.24. The van der Waals surface area contributed by atoms with Crippen molar-refractivity contribution in [2.75, 3.05) is 0 Å². The summed E-state index contributed by atoms with van der Waals surface area (Å²) in [6.07, 6.45) is 5.94. The van der Waals surface area contributed by atoms with E-state index in [1.807, 2.05) is 18.5 Å². The van der Waals surface area contributed by atoms with Gasteiger partial charge in [0, 0.05) is 54.0 Å². The van der Waals surface area contributed by atoms with E-state index in [-0.39, 0.29) is 0 Å². The highest BCUT2D eigenvalue weighted by Crippen LogP contribution is 2.35. The number of aromatic nitrogens is 2. The molecule has 0 fully saturated rings. The van der Waals surface area contributed by atoms with E-state index in [9.17, 15) is 0 Å². The van der Waals surface area contributed by atoms with Crippen LogP contribution in [0.3, 0.4) is 0 Å². The summed E-state index contributed by atoms with van der Waals surface area (Å²) in [5.74, 6) is 0. The molecule has 0 aliphatic carbocycles. The molecule has 2 unspecified atom stereocenters. The van der Waals surface area contributed by atoms with Crippen molar-refractivity contribution in [2.24, 2.45) is 0 Å². The van der Waals surface area contributed by atoms with Gasteiger partial charge in [0.1, 0.15) is 0 Å². The molecule has 1 aliphatic rings. The van der Waals surface area contributed by atoms with Crippen molar-refractivity contribution in [3.8, 4) is 0 Å². The van der Waals surface area contributed by atoms with Gasteiger partial charge in [0.25, 0.3) is 0 Å². The molecule has 2 atom stereocenters. The third-order valence-electron chi connectivity index (χ3n) is 4.94. The van der Waals surface area contributed by atoms with E-state index in [1.165, 1.54) is 27.7 Å². The van der Waals surface area contributed by atoms with Crippen molar-refractivity contribution < 1.29 is 0 Å². The van der Waals surface area contributed by atoms with Gasteiger partial charge in [-0.15, -0.1) is 0 Å². The van der Waals surface area contributed by atoms with Crippen LogP contribution >= 0.6 is 0 Å². The molecular formula is C20H23N3. The predicted molar refractivity (Wildman–Crippen MR) is 94.6 cm³/mol. The Labute approximate surface area is 137 Å². The van der Waals surface area contributed by atoms with Crippen LogP contribution in [0.5, 0.6) is 0 Å². The molecule has 1 N–H and O–H groups in total. The van der Waals surface area contributed by atoms with Crippen LogP contribution in [-0.2, 0) is 19.4 Å². The van der Waals surface area contributed by atoms with Crippen LogP contribution in [-0.4, -0.2) is 15.6 Å². The Bertz CT molecular complexity index is 820. The molecule has 0 spiro atoms. The first-order valence-electron chi connectivity index (χ1n) is 8.49. The van der Waals surface area contributed by atoms with Gasteiger partial charge in [-0.1, -0.05) is 24.3 Å². The minimum Gasteiger partial charge on any atom is -0.344 e. The summed E-state index contributed by atoms with van der Waals surface area (Å²) >= 11 is 0. The Morgan fingerprint density at radius 3 is 2.87 bits per heavy atom. The topological polar surface area (TPSA) is 29.9 Å². The molecule has 0 amide bonds. The van der Waals surface area contributed by atoms with Crippen LogP contribution < -0.4 is 5.32 Å². The van der Waals surface area contributed by atoms with Crippen molar-refractivity contribution in [1.29, 1.82) is 0 Å². The zero-order valence-electron chi connectivity index (χ0n) is 13.8.